The highest BCUT2D eigenvalue weighted by Crippen LogP contribution is 2.21. The van der Waals surface area contributed by atoms with Gasteiger partial charge in [-0.15, -0.1) is 0 Å². The third-order valence-corrected chi connectivity index (χ3v) is 4.10. The summed E-state index contributed by atoms with van der Waals surface area (Å²) in [5.74, 6) is -0.0987. The Kier molecular flexibility index (Phi) is 8.86. The molecule has 1 aliphatic heterocycles. The molecule has 1 saturated heterocycles. The van der Waals surface area contributed by atoms with Gasteiger partial charge in [0.15, 0.2) is 0 Å². The quantitative estimate of drug-likeness (QED) is 0.661. The zero-order valence-electron chi connectivity index (χ0n) is 13.5. The van der Waals surface area contributed by atoms with Gasteiger partial charge in [-0.1, -0.05) is 26.7 Å². The van der Waals surface area contributed by atoms with Gasteiger partial charge in [0.2, 0.25) is 0 Å². The molecule has 1 N–H and O–H groups in total. The Labute approximate surface area is 124 Å². The summed E-state index contributed by atoms with van der Waals surface area (Å²) in [6.07, 6.45) is 7.36. The molecule has 1 heterocycles. The molecule has 0 aromatic heterocycles. The summed E-state index contributed by atoms with van der Waals surface area (Å²) in [6, 6.07) is 0.572. The van der Waals surface area contributed by atoms with Crippen LogP contribution in [-0.2, 0) is 9.53 Å². The number of likely N-dealkylation sites (N-methyl/N-ethyl adjacent to an activating group) is 1. The van der Waals surface area contributed by atoms with Crippen molar-refractivity contribution in [3.63, 3.8) is 0 Å². The number of nitrogens with zero attached hydrogens (tertiary/aromatic N) is 1. The van der Waals surface area contributed by atoms with Gasteiger partial charge >= 0.3 is 5.97 Å². The van der Waals surface area contributed by atoms with Crippen LogP contribution >= 0.6 is 0 Å². The standard InChI is InChI=1S/C16H32N2O2/c1-4-9-14-10-7-8-12-18(14)13-11-15(17-5-2)16(19)20-6-3/h14-15,17H,4-13H2,1-3H3. The van der Waals surface area contributed by atoms with Crippen LogP contribution in [0.5, 0.6) is 0 Å². The molecule has 1 aliphatic rings. The van der Waals surface area contributed by atoms with E-state index in [9.17, 15) is 4.79 Å². The zero-order chi connectivity index (χ0) is 14.8. The number of hydrogen-bond acceptors (Lipinski definition) is 4. The molecular weight excluding hydrogens is 252 g/mol. The molecule has 0 bridgehead atoms. The average Bonchev–Trinajstić information content (AvgIpc) is 2.45. The minimum absolute atomic E-state index is 0.0987. The highest BCUT2D eigenvalue weighted by molar-refractivity contribution is 5.75. The fourth-order valence-electron chi connectivity index (χ4n) is 3.10. The molecule has 0 radical (unpaired) electrons. The van der Waals surface area contributed by atoms with Gasteiger partial charge in [-0.3, -0.25) is 4.79 Å². The highest BCUT2D eigenvalue weighted by Gasteiger charge is 2.24. The second-order valence-corrected chi connectivity index (χ2v) is 5.63. The maximum atomic E-state index is 11.9. The molecule has 118 valence electrons. The normalized spacial score (nSPS) is 21.6. The molecule has 0 saturated carbocycles. The third-order valence-electron chi connectivity index (χ3n) is 4.10. The van der Waals surface area contributed by atoms with Crippen molar-refractivity contribution in [2.45, 2.75) is 71.4 Å². The van der Waals surface area contributed by atoms with E-state index in [1.807, 2.05) is 13.8 Å². The molecule has 0 aliphatic carbocycles. The van der Waals surface area contributed by atoms with Crippen LogP contribution in [0.2, 0.25) is 0 Å². The molecule has 20 heavy (non-hydrogen) atoms. The van der Waals surface area contributed by atoms with Crippen LogP contribution in [0.4, 0.5) is 0 Å². The van der Waals surface area contributed by atoms with Crippen molar-refractivity contribution in [3.05, 3.63) is 0 Å². The lowest BCUT2D eigenvalue weighted by atomic mass is 9.97. The second-order valence-electron chi connectivity index (χ2n) is 5.63. The number of ether oxygens (including phenoxy) is 1. The SMILES string of the molecule is CCCC1CCCCN1CCC(NCC)C(=O)OCC. The predicted molar refractivity (Wildman–Crippen MR) is 82.8 cm³/mol. The van der Waals surface area contributed by atoms with E-state index in [-0.39, 0.29) is 12.0 Å². The third kappa shape index (κ3) is 5.80. The Morgan fingerprint density at radius 1 is 1.35 bits per heavy atom. The first kappa shape index (κ1) is 17.4. The summed E-state index contributed by atoms with van der Waals surface area (Å²) >= 11 is 0. The van der Waals surface area contributed by atoms with E-state index < -0.39 is 0 Å². The van der Waals surface area contributed by atoms with Crippen LogP contribution < -0.4 is 5.32 Å². The van der Waals surface area contributed by atoms with Crippen molar-refractivity contribution >= 4 is 5.97 Å². The summed E-state index contributed by atoms with van der Waals surface area (Å²) in [6.45, 7) is 9.61. The molecule has 0 aromatic carbocycles. The van der Waals surface area contributed by atoms with Crippen molar-refractivity contribution in [2.75, 3.05) is 26.2 Å². The summed E-state index contributed by atoms with van der Waals surface area (Å²) in [4.78, 5) is 14.5. The summed E-state index contributed by atoms with van der Waals surface area (Å²) in [5, 5.41) is 3.25. The van der Waals surface area contributed by atoms with Gasteiger partial charge in [-0.2, -0.15) is 0 Å². The average molecular weight is 284 g/mol. The second kappa shape index (κ2) is 10.2. The Balaban J connectivity index is 2.45. The van der Waals surface area contributed by atoms with Gasteiger partial charge in [-0.05, 0) is 45.7 Å². The van der Waals surface area contributed by atoms with E-state index in [0.29, 0.717) is 6.61 Å². The van der Waals surface area contributed by atoms with Crippen LogP contribution in [0, 0.1) is 0 Å². The van der Waals surface area contributed by atoms with E-state index in [0.717, 1.165) is 25.6 Å². The number of hydrogen-bond donors (Lipinski definition) is 1. The first-order valence-corrected chi connectivity index (χ1v) is 8.36. The van der Waals surface area contributed by atoms with Gasteiger partial charge in [0.25, 0.3) is 0 Å². The van der Waals surface area contributed by atoms with Gasteiger partial charge < -0.3 is 15.0 Å². The first-order valence-electron chi connectivity index (χ1n) is 8.36. The minimum Gasteiger partial charge on any atom is -0.465 e. The van der Waals surface area contributed by atoms with Crippen molar-refractivity contribution in [1.82, 2.24) is 10.2 Å². The number of likely N-dealkylation sites (tertiary alicyclic amines) is 1. The van der Waals surface area contributed by atoms with Crippen LogP contribution in [0.25, 0.3) is 0 Å². The topological polar surface area (TPSA) is 41.6 Å². The minimum atomic E-state index is -0.149. The number of piperidine rings is 1. The Morgan fingerprint density at radius 3 is 2.80 bits per heavy atom. The summed E-state index contributed by atoms with van der Waals surface area (Å²) in [7, 11) is 0. The van der Waals surface area contributed by atoms with Crippen LogP contribution in [0.3, 0.4) is 0 Å². The number of carbonyl (C=O) groups is 1. The first-order chi connectivity index (χ1) is 9.72. The van der Waals surface area contributed by atoms with E-state index in [1.54, 1.807) is 0 Å². The highest BCUT2D eigenvalue weighted by atomic mass is 16.5. The fourth-order valence-corrected chi connectivity index (χ4v) is 3.10. The number of carbonyl (C=O) groups excluding carboxylic acids is 1. The Morgan fingerprint density at radius 2 is 2.15 bits per heavy atom. The largest absolute Gasteiger partial charge is 0.465 e. The van der Waals surface area contributed by atoms with Crippen molar-refractivity contribution in [1.29, 1.82) is 0 Å². The Bertz CT molecular complexity index is 269. The number of esters is 1. The van der Waals surface area contributed by atoms with Crippen molar-refractivity contribution in [2.24, 2.45) is 0 Å². The molecule has 1 fully saturated rings. The lowest BCUT2D eigenvalue weighted by molar-refractivity contribution is -0.146. The maximum Gasteiger partial charge on any atom is 0.323 e. The van der Waals surface area contributed by atoms with Crippen molar-refractivity contribution < 1.29 is 9.53 Å². The fraction of sp³-hybridized carbons (Fsp3) is 0.938. The van der Waals surface area contributed by atoms with Crippen molar-refractivity contribution in [3.8, 4) is 0 Å². The number of nitrogens with one attached hydrogen (secondary N) is 1. The zero-order valence-corrected chi connectivity index (χ0v) is 13.5. The molecule has 4 nitrogen and oxygen atoms in total. The van der Waals surface area contributed by atoms with Crippen LogP contribution in [0.1, 0.15) is 59.3 Å². The van der Waals surface area contributed by atoms with Crippen LogP contribution in [0.15, 0.2) is 0 Å². The van der Waals surface area contributed by atoms with Crippen LogP contribution in [-0.4, -0.2) is 49.2 Å². The molecule has 2 unspecified atom stereocenters. The Hall–Kier alpha value is -0.610. The van der Waals surface area contributed by atoms with Gasteiger partial charge in [0.1, 0.15) is 6.04 Å². The van der Waals surface area contributed by atoms with Gasteiger partial charge in [-0.25, -0.2) is 0 Å². The van der Waals surface area contributed by atoms with E-state index in [1.165, 1.54) is 38.6 Å². The molecule has 1 rings (SSSR count). The number of rotatable bonds is 9. The smallest absolute Gasteiger partial charge is 0.323 e. The van der Waals surface area contributed by atoms with E-state index in [2.05, 4.69) is 17.1 Å². The molecule has 0 amide bonds. The van der Waals surface area contributed by atoms with Gasteiger partial charge in [0, 0.05) is 12.6 Å². The molecule has 0 aromatic rings. The maximum absolute atomic E-state index is 11.9. The monoisotopic (exact) mass is 284 g/mol. The molecular formula is C16H32N2O2. The lowest BCUT2D eigenvalue weighted by Gasteiger charge is -2.36. The predicted octanol–water partition coefficient (Wildman–Crippen LogP) is 2.57. The van der Waals surface area contributed by atoms with E-state index in [4.69, 9.17) is 4.74 Å². The molecule has 2 atom stereocenters. The summed E-state index contributed by atoms with van der Waals surface area (Å²) in [5.41, 5.74) is 0. The van der Waals surface area contributed by atoms with Gasteiger partial charge in [0.05, 0.1) is 6.61 Å². The lowest BCUT2D eigenvalue weighted by Crippen LogP contribution is -2.45. The summed E-state index contributed by atoms with van der Waals surface area (Å²) < 4.78 is 5.15. The molecule has 0 spiro atoms. The molecule has 4 heteroatoms. The van der Waals surface area contributed by atoms with E-state index >= 15 is 0 Å².